The fourth-order valence-electron chi connectivity index (χ4n) is 6.47. The molecule has 9 nitrogen and oxygen atoms in total. The standard InChI is InChI=1S/C38H76NO8P/c1-7-10-13-14-15-16-17-18-19-20-21-22-23-24-25-28-35(42)37(43)38(29-26-11-8-2,30-27-12-9-3)36(31-39(4,5)6)47-48(44,45)46-33-34(41)32-40/h34,36,40-41H,7-33H2,1-6H3/t34-,36?/m1/s1. The minimum absolute atomic E-state index is 0.158. The van der Waals surface area contributed by atoms with Crippen LogP contribution in [0.5, 0.6) is 0 Å². The number of unbranched alkanes of at least 4 members (excludes halogenated alkanes) is 18. The molecule has 0 radical (unpaired) electrons. The van der Waals surface area contributed by atoms with Gasteiger partial charge in [0.1, 0.15) is 18.8 Å². The number of nitrogens with zero attached hydrogens (tertiary/aromatic N) is 1. The summed E-state index contributed by atoms with van der Waals surface area (Å²) in [5.41, 5.74) is -1.30. The van der Waals surface area contributed by atoms with E-state index >= 15 is 0 Å². The Morgan fingerprint density at radius 1 is 0.708 bits per heavy atom. The third-order valence-electron chi connectivity index (χ3n) is 9.39. The number of quaternary nitrogens is 1. The van der Waals surface area contributed by atoms with Crippen LogP contribution in [-0.4, -0.2) is 79.4 Å². The molecule has 0 saturated heterocycles. The lowest BCUT2D eigenvalue weighted by molar-refractivity contribution is -0.874. The number of hydrogen-bond acceptors (Lipinski definition) is 8. The van der Waals surface area contributed by atoms with E-state index < -0.39 is 50.2 Å². The summed E-state index contributed by atoms with van der Waals surface area (Å²) in [6, 6.07) is 0. The van der Waals surface area contributed by atoms with E-state index in [0.29, 0.717) is 36.6 Å². The van der Waals surface area contributed by atoms with Crippen molar-refractivity contribution in [2.24, 2.45) is 5.41 Å². The topological polar surface area (TPSA) is 133 Å². The minimum Gasteiger partial charge on any atom is -0.756 e. The van der Waals surface area contributed by atoms with Crippen molar-refractivity contribution in [3.63, 3.8) is 0 Å². The monoisotopic (exact) mass is 706 g/mol. The maximum atomic E-state index is 14.3. The molecule has 0 rings (SSSR count). The fraction of sp³-hybridized carbons (Fsp3) is 0.947. The largest absolute Gasteiger partial charge is 0.756 e. The fourth-order valence-corrected chi connectivity index (χ4v) is 7.47. The lowest BCUT2D eigenvalue weighted by atomic mass is 9.68. The van der Waals surface area contributed by atoms with Gasteiger partial charge < -0.3 is 28.6 Å². The predicted molar refractivity (Wildman–Crippen MR) is 195 cm³/mol. The minimum atomic E-state index is -4.99. The van der Waals surface area contributed by atoms with Crippen LogP contribution in [0.25, 0.3) is 0 Å². The third-order valence-corrected chi connectivity index (χ3v) is 10.4. The molecule has 0 heterocycles. The normalized spacial score (nSPS) is 14.9. The number of Topliss-reactive ketones (excluding diaryl/α,β-unsaturated/α-hetero) is 2. The Morgan fingerprint density at radius 2 is 1.10 bits per heavy atom. The molecule has 48 heavy (non-hydrogen) atoms. The zero-order chi connectivity index (χ0) is 36.3. The summed E-state index contributed by atoms with van der Waals surface area (Å²) in [5, 5.41) is 18.8. The highest BCUT2D eigenvalue weighted by Crippen LogP contribution is 2.48. The molecule has 0 fully saturated rings. The molecule has 0 aliphatic carbocycles. The molecule has 2 unspecified atom stereocenters. The molecule has 0 aliphatic rings. The number of hydrogen-bond donors (Lipinski definition) is 2. The zero-order valence-electron chi connectivity index (χ0n) is 32.0. The number of likely N-dealkylation sites (N-methyl/N-ethyl adjacent to an activating group) is 1. The highest BCUT2D eigenvalue weighted by atomic mass is 31.2. The SMILES string of the molecule is CCCCCCCCCCCCCCCCCC(=O)C(=O)C(CCCCC)(CCCCC)C(C[N+](C)(C)C)OP(=O)([O-])OC[C@H](O)CO. The quantitative estimate of drug-likeness (QED) is 0.0290. The summed E-state index contributed by atoms with van der Waals surface area (Å²) in [6.07, 6.45) is 21.5. The van der Waals surface area contributed by atoms with Crippen molar-refractivity contribution in [2.75, 3.05) is 40.9 Å². The van der Waals surface area contributed by atoms with Crippen molar-refractivity contribution < 1.29 is 42.8 Å². The molecule has 0 bridgehead atoms. The van der Waals surface area contributed by atoms with E-state index in [1.54, 1.807) is 0 Å². The third kappa shape index (κ3) is 22.9. The van der Waals surface area contributed by atoms with E-state index in [2.05, 4.69) is 20.8 Å². The van der Waals surface area contributed by atoms with Gasteiger partial charge in [-0.15, -0.1) is 0 Å². The Bertz CT molecular complexity index is 852. The Morgan fingerprint density at radius 3 is 1.50 bits per heavy atom. The summed E-state index contributed by atoms with van der Waals surface area (Å²) in [7, 11) is 0.694. The smallest absolute Gasteiger partial charge is 0.268 e. The Hall–Kier alpha value is -0.670. The van der Waals surface area contributed by atoms with Gasteiger partial charge in [-0.25, -0.2) is 0 Å². The first-order valence-electron chi connectivity index (χ1n) is 19.6. The lowest BCUT2D eigenvalue weighted by Crippen LogP contribution is -2.55. The van der Waals surface area contributed by atoms with Gasteiger partial charge >= 0.3 is 0 Å². The molecule has 0 aromatic heterocycles. The van der Waals surface area contributed by atoms with Crippen LogP contribution >= 0.6 is 7.82 Å². The molecule has 0 saturated carbocycles. The van der Waals surface area contributed by atoms with Gasteiger partial charge in [0.25, 0.3) is 7.82 Å². The molecule has 286 valence electrons. The molecular formula is C38H76NO8P. The number of carbonyl (C=O) groups is 2. The molecule has 0 amide bonds. The second-order valence-corrected chi connectivity index (χ2v) is 16.5. The Labute approximate surface area is 295 Å². The van der Waals surface area contributed by atoms with Crippen LogP contribution in [0.15, 0.2) is 0 Å². The van der Waals surface area contributed by atoms with Crippen molar-refractivity contribution in [2.45, 2.75) is 187 Å². The zero-order valence-corrected chi connectivity index (χ0v) is 32.9. The van der Waals surface area contributed by atoms with Crippen molar-refractivity contribution in [1.82, 2.24) is 0 Å². The molecule has 10 heteroatoms. The van der Waals surface area contributed by atoms with Crippen molar-refractivity contribution in [1.29, 1.82) is 0 Å². The maximum Gasteiger partial charge on any atom is 0.268 e. The van der Waals surface area contributed by atoms with Crippen LogP contribution in [0.4, 0.5) is 0 Å². The van der Waals surface area contributed by atoms with Crippen molar-refractivity contribution >= 4 is 19.4 Å². The van der Waals surface area contributed by atoms with Crippen LogP contribution < -0.4 is 4.89 Å². The first-order chi connectivity index (χ1) is 22.8. The van der Waals surface area contributed by atoms with Gasteiger partial charge in [0.15, 0.2) is 5.78 Å². The van der Waals surface area contributed by atoms with Crippen molar-refractivity contribution in [3.05, 3.63) is 0 Å². The molecule has 0 aromatic carbocycles. The van der Waals surface area contributed by atoms with Crippen LogP contribution in [0, 0.1) is 5.41 Å². The average molecular weight is 706 g/mol. The second-order valence-electron chi connectivity index (χ2n) is 15.2. The van der Waals surface area contributed by atoms with Gasteiger partial charge in [0, 0.05) is 6.42 Å². The number of phosphoric ester groups is 1. The maximum absolute atomic E-state index is 14.3. The van der Waals surface area contributed by atoms with Crippen LogP contribution in [0.3, 0.4) is 0 Å². The molecule has 0 aliphatic heterocycles. The molecule has 2 N–H and O–H groups in total. The highest BCUT2D eigenvalue weighted by Gasteiger charge is 2.50. The van der Waals surface area contributed by atoms with Crippen molar-refractivity contribution in [3.8, 4) is 0 Å². The predicted octanol–water partition coefficient (Wildman–Crippen LogP) is 8.46. The first-order valence-corrected chi connectivity index (χ1v) is 21.1. The molecule has 0 aromatic rings. The van der Waals surface area contributed by atoms with Gasteiger partial charge in [-0.05, 0) is 19.3 Å². The molecule has 0 spiro atoms. The van der Waals surface area contributed by atoms with Gasteiger partial charge in [-0.3, -0.25) is 14.2 Å². The number of ketones is 2. The van der Waals surface area contributed by atoms with E-state index in [9.17, 15) is 24.2 Å². The van der Waals surface area contributed by atoms with Crippen LogP contribution in [-0.2, 0) is 23.2 Å². The number of aliphatic hydroxyl groups excluding tert-OH is 2. The number of rotatable bonds is 35. The number of carbonyl (C=O) groups excluding carboxylic acids is 2. The molecule has 3 atom stereocenters. The van der Waals surface area contributed by atoms with Crippen LogP contribution in [0.2, 0.25) is 0 Å². The molecular weight excluding hydrogens is 629 g/mol. The lowest BCUT2D eigenvalue weighted by Gasteiger charge is -2.43. The van der Waals surface area contributed by atoms with E-state index in [-0.39, 0.29) is 13.0 Å². The average Bonchev–Trinajstić information content (AvgIpc) is 3.03. The summed E-state index contributed by atoms with van der Waals surface area (Å²) < 4.78 is 24.0. The summed E-state index contributed by atoms with van der Waals surface area (Å²) in [5.74, 6) is -0.959. The Balaban J connectivity index is 5.44. The second kappa shape index (κ2) is 28.0. The van der Waals surface area contributed by atoms with E-state index in [0.717, 1.165) is 44.9 Å². The van der Waals surface area contributed by atoms with Gasteiger partial charge in [0.05, 0.1) is 39.8 Å². The number of aliphatic hydroxyl groups is 2. The summed E-state index contributed by atoms with van der Waals surface area (Å²) in [6.45, 7) is 5.24. The summed E-state index contributed by atoms with van der Waals surface area (Å²) in [4.78, 5) is 41.0. The van der Waals surface area contributed by atoms with E-state index in [4.69, 9.17) is 14.2 Å². The first kappa shape index (κ1) is 47.3. The highest BCUT2D eigenvalue weighted by molar-refractivity contribution is 7.45. The number of phosphoric acid groups is 1. The van der Waals surface area contributed by atoms with E-state index in [1.165, 1.54) is 70.6 Å². The van der Waals surface area contributed by atoms with Crippen LogP contribution in [0.1, 0.15) is 175 Å². The van der Waals surface area contributed by atoms with Gasteiger partial charge in [0.2, 0.25) is 5.78 Å². The van der Waals surface area contributed by atoms with Gasteiger partial charge in [-0.2, -0.15) is 0 Å². The summed E-state index contributed by atoms with van der Waals surface area (Å²) >= 11 is 0. The van der Waals surface area contributed by atoms with E-state index in [1.807, 2.05) is 21.1 Å². The Kier molecular flexibility index (Phi) is 27.6. The van der Waals surface area contributed by atoms with Gasteiger partial charge in [-0.1, -0.05) is 149 Å².